The fourth-order valence-electron chi connectivity index (χ4n) is 3.12. The monoisotopic (exact) mass is 212 g/mol. The second-order valence-electron chi connectivity index (χ2n) is 4.82. The second-order valence-corrected chi connectivity index (χ2v) is 4.82. The van der Waals surface area contributed by atoms with E-state index >= 15 is 0 Å². The summed E-state index contributed by atoms with van der Waals surface area (Å²) >= 11 is 0. The van der Waals surface area contributed by atoms with Crippen LogP contribution in [0.25, 0.3) is 0 Å². The second kappa shape index (κ2) is 5.28. The van der Waals surface area contributed by atoms with Crippen molar-refractivity contribution in [3.05, 3.63) is 0 Å². The Morgan fingerprint density at radius 2 is 1.87 bits per heavy atom. The van der Waals surface area contributed by atoms with Gasteiger partial charge >= 0.3 is 0 Å². The van der Waals surface area contributed by atoms with Gasteiger partial charge in [0.15, 0.2) is 0 Å². The molecular formula is C12H24N2O. The average Bonchev–Trinajstić information content (AvgIpc) is 2.32. The van der Waals surface area contributed by atoms with Crippen molar-refractivity contribution in [3.63, 3.8) is 0 Å². The van der Waals surface area contributed by atoms with Gasteiger partial charge in [-0.1, -0.05) is 13.3 Å². The summed E-state index contributed by atoms with van der Waals surface area (Å²) in [6.45, 7) is 8.83. The molecule has 3 nitrogen and oxygen atoms in total. The molecule has 1 N–H and O–H groups in total. The molecule has 0 amide bonds. The van der Waals surface area contributed by atoms with Crippen LogP contribution in [0.2, 0.25) is 0 Å². The first kappa shape index (κ1) is 11.4. The summed E-state index contributed by atoms with van der Waals surface area (Å²) in [7, 11) is 0. The number of rotatable bonds is 3. The molecule has 2 aliphatic heterocycles. The quantitative estimate of drug-likeness (QED) is 0.762. The number of hydrogen-bond donors (Lipinski definition) is 1. The molecule has 0 aliphatic carbocycles. The van der Waals surface area contributed by atoms with Gasteiger partial charge in [-0.05, 0) is 32.4 Å². The molecule has 0 spiro atoms. The summed E-state index contributed by atoms with van der Waals surface area (Å²) in [5.41, 5.74) is 0.490. The third kappa shape index (κ3) is 2.52. The van der Waals surface area contributed by atoms with E-state index < -0.39 is 0 Å². The van der Waals surface area contributed by atoms with Crippen molar-refractivity contribution in [3.8, 4) is 0 Å². The van der Waals surface area contributed by atoms with Gasteiger partial charge in [-0.15, -0.1) is 0 Å². The highest BCUT2D eigenvalue weighted by Crippen LogP contribution is 2.31. The third-order valence-corrected chi connectivity index (χ3v) is 3.93. The van der Waals surface area contributed by atoms with Crippen LogP contribution < -0.4 is 5.32 Å². The molecule has 0 radical (unpaired) electrons. The molecule has 2 rings (SSSR count). The first-order chi connectivity index (χ1) is 7.37. The molecule has 0 saturated carbocycles. The fraction of sp³-hybridized carbons (Fsp3) is 1.00. The summed E-state index contributed by atoms with van der Waals surface area (Å²) in [6.07, 6.45) is 5.30. The summed E-state index contributed by atoms with van der Waals surface area (Å²) in [5, 5.41) is 3.48. The first-order valence-electron chi connectivity index (χ1n) is 6.41. The Bertz CT molecular complexity index is 179. The normalized spacial score (nSPS) is 27.8. The summed E-state index contributed by atoms with van der Waals surface area (Å²) in [5.74, 6) is 0. The van der Waals surface area contributed by atoms with Gasteiger partial charge in [-0.3, -0.25) is 4.90 Å². The lowest BCUT2D eigenvalue weighted by Gasteiger charge is -2.48. The van der Waals surface area contributed by atoms with Gasteiger partial charge in [0.2, 0.25) is 0 Å². The van der Waals surface area contributed by atoms with E-state index in [-0.39, 0.29) is 0 Å². The molecule has 3 heteroatoms. The van der Waals surface area contributed by atoms with E-state index in [0.29, 0.717) is 5.54 Å². The molecule has 0 bridgehead atoms. The van der Waals surface area contributed by atoms with Gasteiger partial charge in [0.1, 0.15) is 0 Å². The predicted octanol–water partition coefficient (Wildman–Crippen LogP) is 1.24. The number of morpholine rings is 1. The fourth-order valence-corrected chi connectivity index (χ4v) is 3.12. The minimum Gasteiger partial charge on any atom is -0.379 e. The lowest BCUT2D eigenvalue weighted by Crippen LogP contribution is -2.57. The summed E-state index contributed by atoms with van der Waals surface area (Å²) in [6, 6.07) is 0. The van der Waals surface area contributed by atoms with Gasteiger partial charge in [-0.2, -0.15) is 0 Å². The van der Waals surface area contributed by atoms with Crippen LogP contribution in [-0.2, 0) is 4.74 Å². The highest BCUT2D eigenvalue weighted by molar-refractivity contribution is 4.94. The Balaban J connectivity index is 2.01. The Hall–Kier alpha value is -0.120. The Morgan fingerprint density at radius 1 is 1.20 bits per heavy atom. The standard InChI is InChI=1S/C12H24N2O/c1-2-3-12(4-6-13-7-5-12)14-8-10-15-11-9-14/h13H,2-11H2,1H3. The van der Waals surface area contributed by atoms with Crippen molar-refractivity contribution in [1.29, 1.82) is 0 Å². The SMILES string of the molecule is CCCC1(N2CCOCC2)CCNCC1. The largest absolute Gasteiger partial charge is 0.379 e. The molecule has 0 aromatic heterocycles. The van der Waals surface area contributed by atoms with Crippen LogP contribution >= 0.6 is 0 Å². The van der Waals surface area contributed by atoms with Crippen LogP contribution in [0.3, 0.4) is 0 Å². The zero-order chi connectivity index (χ0) is 10.6. The van der Waals surface area contributed by atoms with Crippen LogP contribution in [0, 0.1) is 0 Å². The lowest BCUT2D eigenvalue weighted by molar-refractivity contribution is -0.0385. The molecule has 15 heavy (non-hydrogen) atoms. The average molecular weight is 212 g/mol. The van der Waals surface area contributed by atoms with Crippen LogP contribution in [0.5, 0.6) is 0 Å². The topological polar surface area (TPSA) is 24.5 Å². The molecule has 0 atom stereocenters. The number of hydrogen-bond acceptors (Lipinski definition) is 3. The van der Waals surface area contributed by atoms with Crippen LogP contribution in [0.15, 0.2) is 0 Å². The van der Waals surface area contributed by atoms with Crippen molar-refractivity contribution < 1.29 is 4.74 Å². The maximum atomic E-state index is 5.46. The third-order valence-electron chi connectivity index (χ3n) is 3.93. The van der Waals surface area contributed by atoms with E-state index in [9.17, 15) is 0 Å². The van der Waals surface area contributed by atoms with Crippen LogP contribution in [0.1, 0.15) is 32.6 Å². The van der Waals surface area contributed by atoms with Crippen molar-refractivity contribution in [2.24, 2.45) is 0 Å². The van der Waals surface area contributed by atoms with E-state index in [0.717, 1.165) is 26.3 Å². The molecule has 0 aromatic carbocycles. The van der Waals surface area contributed by atoms with E-state index in [1.165, 1.54) is 38.8 Å². The highest BCUT2D eigenvalue weighted by atomic mass is 16.5. The predicted molar refractivity (Wildman–Crippen MR) is 62.1 cm³/mol. The minimum absolute atomic E-state index is 0.490. The van der Waals surface area contributed by atoms with Gasteiger partial charge in [0.05, 0.1) is 13.2 Å². The molecule has 0 unspecified atom stereocenters. The lowest BCUT2D eigenvalue weighted by atomic mass is 9.82. The zero-order valence-electron chi connectivity index (χ0n) is 9.93. The van der Waals surface area contributed by atoms with Crippen molar-refractivity contribution in [2.45, 2.75) is 38.1 Å². The van der Waals surface area contributed by atoms with Gasteiger partial charge in [0, 0.05) is 18.6 Å². The Kier molecular flexibility index (Phi) is 4.00. The molecule has 2 saturated heterocycles. The first-order valence-corrected chi connectivity index (χ1v) is 6.41. The minimum atomic E-state index is 0.490. The maximum absolute atomic E-state index is 5.46. The van der Waals surface area contributed by atoms with Gasteiger partial charge in [0.25, 0.3) is 0 Å². The van der Waals surface area contributed by atoms with E-state index in [4.69, 9.17) is 4.74 Å². The molecule has 2 heterocycles. The van der Waals surface area contributed by atoms with Crippen molar-refractivity contribution in [2.75, 3.05) is 39.4 Å². The highest BCUT2D eigenvalue weighted by Gasteiger charge is 2.37. The summed E-state index contributed by atoms with van der Waals surface area (Å²) in [4.78, 5) is 2.70. The molecular weight excluding hydrogens is 188 g/mol. The summed E-state index contributed by atoms with van der Waals surface area (Å²) < 4.78 is 5.46. The van der Waals surface area contributed by atoms with Crippen molar-refractivity contribution in [1.82, 2.24) is 10.2 Å². The number of nitrogens with zero attached hydrogens (tertiary/aromatic N) is 1. The van der Waals surface area contributed by atoms with Gasteiger partial charge < -0.3 is 10.1 Å². The van der Waals surface area contributed by atoms with Crippen molar-refractivity contribution >= 4 is 0 Å². The smallest absolute Gasteiger partial charge is 0.0594 e. The maximum Gasteiger partial charge on any atom is 0.0594 e. The van der Waals surface area contributed by atoms with E-state index in [1.807, 2.05) is 0 Å². The Labute approximate surface area is 93.2 Å². The van der Waals surface area contributed by atoms with E-state index in [1.54, 1.807) is 0 Å². The van der Waals surface area contributed by atoms with Crippen LogP contribution in [0.4, 0.5) is 0 Å². The van der Waals surface area contributed by atoms with Crippen LogP contribution in [-0.4, -0.2) is 49.8 Å². The number of nitrogens with one attached hydrogen (secondary N) is 1. The Morgan fingerprint density at radius 3 is 2.47 bits per heavy atom. The molecule has 2 fully saturated rings. The molecule has 0 aromatic rings. The van der Waals surface area contributed by atoms with Gasteiger partial charge in [-0.25, -0.2) is 0 Å². The number of piperidine rings is 1. The van der Waals surface area contributed by atoms with E-state index in [2.05, 4.69) is 17.1 Å². The molecule has 2 aliphatic rings. The zero-order valence-corrected chi connectivity index (χ0v) is 9.93. The molecule has 88 valence electrons. The number of ether oxygens (including phenoxy) is 1.